The van der Waals surface area contributed by atoms with Crippen molar-refractivity contribution in [3.05, 3.63) is 34.9 Å². The second-order valence-electron chi connectivity index (χ2n) is 5.98. The first-order valence-electron chi connectivity index (χ1n) is 7.18. The molecule has 0 aliphatic heterocycles. The lowest BCUT2D eigenvalue weighted by molar-refractivity contribution is 0.0464. The Balaban J connectivity index is 1.96. The van der Waals surface area contributed by atoms with Gasteiger partial charge in [-0.25, -0.2) is 0 Å². The van der Waals surface area contributed by atoms with Gasteiger partial charge in [0.25, 0.3) is 0 Å². The van der Waals surface area contributed by atoms with Crippen LogP contribution in [0.2, 0.25) is 5.02 Å². The van der Waals surface area contributed by atoms with Crippen LogP contribution in [0.5, 0.6) is 0 Å². The Morgan fingerprint density at radius 2 is 1.89 bits per heavy atom. The van der Waals surface area contributed by atoms with Crippen molar-refractivity contribution in [2.24, 2.45) is 5.41 Å². The molecule has 1 N–H and O–H groups in total. The molecule has 0 spiro atoms. The maximum Gasteiger partial charge on any atom is 0.0499 e. The highest BCUT2D eigenvalue weighted by molar-refractivity contribution is 6.31. The molecule has 0 radical (unpaired) electrons. The molecular formula is C16H24ClNO. The summed E-state index contributed by atoms with van der Waals surface area (Å²) < 4.78 is 0. The predicted octanol–water partition coefficient (Wildman–Crippen LogP) is 3.71. The van der Waals surface area contributed by atoms with E-state index in [4.69, 9.17) is 11.6 Å². The lowest BCUT2D eigenvalue weighted by Gasteiger charge is -2.38. The quantitative estimate of drug-likeness (QED) is 0.889. The van der Waals surface area contributed by atoms with Crippen LogP contribution in [0.25, 0.3) is 0 Å². The van der Waals surface area contributed by atoms with Crippen LogP contribution in [0, 0.1) is 5.41 Å². The number of benzene rings is 1. The van der Waals surface area contributed by atoms with E-state index in [0.29, 0.717) is 6.61 Å². The summed E-state index contributed by atoms with van der Waals surface area (Å²) in [7, 11) is 2.12. The summed E-state index contributed by atoms with van der Waals surface area (Å²) in [6.07, 6.45) is 6.11. The third-order valence-electron chi connectivity index (χ3n) is 4.25. The van der Waals surface area contributed by atoms with Gasteiger partial charge in [-0.15, -0.1) is 0 Å². The summed E-state index contributed by atoms with van der Waals surface area (Å²) in [6.45, 7) is 2.11. The van der Waals surface area contributed by atoms with Gasteiger partial charge in [-0.1, -0.05) is 49.1 Å². The highest BCUT2D eigenvalue weighted by atomic mass is 35.5. The van der Waals surface area contributed by atoms with Gasteiger partial charge in [-0.3, -0.25) is 0 Å². The second kappa shape index (κ2) is 6.74. The fourth-order valence-corrected chi connectivity index (χ4v) is 3.41. The number of hydrogen-bond acceptors (Lipinski definition) is 2. The normalized spacial score (nSPS) is 18.7. The van der Waals surface area contributed by atoms with E-state index in [-0.39, 0.29) is 5.41 Å². The van der Waals surface area contributed by atoms with Crippen molar-refractivity contribution in [2.75, 3.05) is 20.2 Å². The van der Waals surface area contributed by atoms with Gasteiger partial charge in [0.05, 0.1) is 0 Å². The standard InChI is InChI=1S/C16H24ClNO/c1-18(11-14-7-3-4-8-15(14)17)12-16(13-19)9-5-2-6-10-16/h3-4,7-8,19H,2,5-6,9-13H2,1H3. The van der Waals surface area contributed by atoms with Crippen LogP contribution >= 0.6 is 11.6 Å². The number of hydrogen-bond donors (Lipinski definition) is 1. The summed E-state index contributed by atoms with van der Waals surface area (Å²) in [5, 5.41) is 10.6. The Morgan fingerprint density at radius 1 is 1.21 bits per heavy atom. The van der Waals surface area contributed by atoms with Crippen molar-refractivity contribution in [2.45, 2.75) is 38.6 Å². The molecule has 1 aromatic carbocycles. The van der Waals surface area contributed by atoms with Gasteiger partial charge in [0.2, 0.25) is 0 Å². The van der Waals surface area contributed by atoms with Crippen molar-refractivity contribution in [3.63, 3.8) is 0 Å². The zero-order valence-corrected chi connectivity index (χ0v) is 12.5. The monoisotopic (exact) mass is 281 g/mol. The van der Waals surface area contributed by atoms with Crippen molar-refractivity contribution in [1.29, 1.82) is 0 Å². The van der Waals surface area contributed by atoms with Crippen molar-refractivity contribution in [1.82, 2.24) is 4.90 Å². The van der Waals surface area contributed by atoms with Crippen LogP contribution in [0.15, 0.2) is 24.3 Å². The molecule has 1 fully saturated rings. The summed E-state index contributed by atoms with van der Waals surface area (Å²) >= 11 is 6.20. The number of aliphatic hydroxyl groups is 1. The first-order valence-corrected chi connectivity index (χ1v) is 7.56. The van der Waals surface area contributed by atoms with Crippen molar-refractivity contribution >= 4 is 11.6 Å². The molecule has 0 saturated heterocycles. The van der Waals surface area contributed by atoms with Gasteiger partial charge in [0, 0.05) is 30.1 Å². The number of nitrogens with zero attached hydrogens (tertiary/aromatic N) is 1. The minimum absolute atomic E-state index is 0.105. The Kier molecular flexibility index (Phi) is 5.26. The maximum absolute atomic E-state index is 9.76. The van der Waals surface area contributed by atoms with Crippen molar-refractivity contribution in [3.8, 4) is 0 Å². The van der Waals surface area contributed by atoms with Crippen LogP contribution in [-0.2, 0) is 6.54 Å². The molecule has 0 aromatic heterocycles. The van der Waals surface area contributed by atoms with E-state index in [1.54, 1.807) is 0 Å². The molecular weight excluding hydrogens is 258 g/mol. The summed E-state index contributed by atoms with van der Waals surface area (Å²) in [5.74, 6) is 0. The zero-order chi connectivity index (χ0) is 13.7. The third-order valence-corrected chi connectivity index (χ3v) is 4.62. The molecule has 0 unspecified atom stereocenters. The Hall–Kier alpha value is -0.570. The molecule has 106 valence electrons. The maximum atomic E-state index is 9.76. The molecule has 0 heterocycles. The predicted molar refractivity (Wildman–Crippen MR) is 80.4 cm³/mol. The van der Waals surface area contributed by atoms with E-state index in [2.05, 4.69) is 18.0 Å². The Bertz CT molecular complexity index is 401. The minimum Gasteiger partial charge on any atom is -0.396 e. The van der Waals surface area contributed by atoms with Crippen LogP contribution in [-0.4, -0.2) is 30.2 Å². The molecule has 0 bridgehead atoms. The van der Waals surface area contributed by atoms with Gasteiger partial charge in [-0.05, 0) is 31.5 Å². The van der Waals surface area contributed by atoms with E-state index in [0.717, 1.165) is 36.5 Å². The van der Waals surface area contributed by atoms with Crippen LogP contribution < -0.4 is 0 Å². The number of halogens is 1. The molecule has 1 saturated carbocycles. The van der Waals surface area contributed by atoms with E-state index in [1.165, 1.54) is 19.3 Å². The molecule has 0 atom stereocenters. The topological polar surface area (TPSA) is 23.5 Å². The van der Waals surface area contributed by atoms with Gasteiger partial charge in [-0.2, -0.15) is 0 Å². The van der Waals surface area contributed by atoms with E-state index < -0.39 is 0 Å². The highest BCUT2D eigenvalue weighted by Gasteiger charge is 2.32. The van der Waals surface area contributed by atoms with Gasteiger partial charge in [0.15, 0.2) is 0 Å². The van der Waals surface area contributed by atoms with Gasteiger partial charge in [0.1, 0.15) is 0 Å². The molecule has 1 aliphatic rings. The minimum atomic E-state index is 0.105. The Labute approximate surface area is 121 Å². The summed E-state index contributed by atoms with van der Waals surface area (Å²) in [4.78, 5) is 2.29. The number of aliphatic hydroxyl groups excluding tert-OH is 1. The molecule has 19 heavy (non-hydrogen) atoms. The van der Waals surface area contributed by atoms with Gasteiger partial charge < -0.3 is 10.0 Å². The molecule has 3 heteroatoms. The summed E-state index contributed by atoms with van der Waals surface area (Å²) in [5.41, 5.74) is 1.27. The zero-order valence-electron chi connectivity index (χ0n) is 11.7. The fourth-order valence-electron chi connectivity index (χ4n) is 3.21. The molecule has 2 nitrogen and oxygen atoms in total. The third kappa shape index (κ3) is 3.95. The number of rotatable bonds is 5. The SMILES string of the molecule is CN(Cc1ccccc1Cl)CC1(CO)CCCCC1. The molecule has 1 aliphatic carbocycles. The first kappa shape index (κ1) is 14.8. The lowest BCUT2D eigenvalue weighted by atomic mass is 9.74. The van der Waals surface area contributed by atoms with Crippen LogP contribution in [0.3, 0.4) is 0 Å². The fraction of sp³-hybridized carbons (Fsp3) is 0.625. The van der Waals surface area contributed by atoms with Crippen LogP contribution in [0.1, 0.15) is 37.7 Å². The average molecular weight is 282 g/mol. The molecule has 1 aromatic rings. The van der Waals surface area contributed by atoms with Gasteiger partial charge >= 0.3 is 0 Å². The van der Waals surface area contributed by atoms with E-state index >= 15 is 0 Å². The second-order valence-corrected chi connectivity index (χ2v) is 6.39. The van der Waals surface area contributed by atoms with E-state index in [9.17, 15) is 5.11 Å². The molecule has 0 amide bonds. The smallest absolute Gasteiger partial charge is 0.0499 e. The first-order chi connectivity index (χ1) is 9.15. The average Bonchev–Trinajstić information content (AvgIpc) is 2.42. The van der Waals surface area contributed by atoms with E-state index in [1.807, 2.05) is 18.2 Å². The largest absolute Gasteiger partial charge is 0.396 e. The lowest BCUT2D eigenvalue weighted by Crippen LogP contribution is -2.39. The summed E-state index contributed by atoms with van der Waals surface area (Å²) in [6, 6.07) is 8.00. The highest BCUT2D eigenvalue weighted by Crippen LogP contribution is 2.36. The molecule has 2 rings (SSSR count). The Morgan fingerprint density at radius 3 is 2.53 bits per heavy atom. The van der Waals surface area contributed by atoms with Crippen molar-refractivity contribution < 1.29 is 5.11 Å². The van der Waals surface area contributed by atoms with Crippen LogP contribution in [0.4, 0.5) is 0 Å².